The Morgan fingerprint density at radius 3 is 2.24 bits per heavy atom. The Labute approximate surface area is 107 Å². The summed E-state index contributed by atoms with van der Waals surface area (Å²) in [6.07, 6.45) is 5.72. The topological polar surface area (TPSA) is 15.3 Å². The van der Waals surface area contributed by atoms with Crippen LogP contribution in [0.1, 0.15) is 53.4 Å². The van der Waals surface area contributed by atoms with Crippen LogP contribution < -0.4 is 5.32 Å². The van der Waals surface area contributed by atoms with Crippen molar-refractivity contribution in [3.05, 3.63) is 0 Å². The second-order valence-corrected chi connectivity index (χ2v) is 7.16. The fourth-order valence-electron chi connectivity index (χ4n) is 3.67. The van der Waals surface area contributed by atoms with Gasteiger partial charge in [0.1, 0.15) is 0 Å². The molecular formula is C15H30N2. The molecule has 0 aromatic carbocycles. The number of piperazine rings is 1. The van der Waals surface area contributed by atoms with Crippen molar-refractivity contribution in [1.29, 1.82) is 0 Å². The van der Waals surface area contributed by atoms with Crippen LogP contribution in [-0.4, -0.2) is 36.6 Å². The van der Waals surface area contributed by atoms with Gasteiger partial charge in [0, 0.05) is 31.7 Å². The van der Waals surface area contributed by atoms with Crippen LogP contribution in [0.5, 0.6) is 0 Å². The fraction of sp³-hybridized carbons (Fsp3) is 1.00. The smallest absolute Gasteiger partial charge is 0.0195 e. The number of nitrogens with one attached hydrogen (secondary N) is 1. The highest BCUT2D eigenvalue weighted by Gasteiger charge is 2.33. The van der Waals surface area contributed by atoms with Crippen molar-refractivity contribution in [3.8, 4) is 0 Å². The zero-order valence-corrected chi connectivity index (χ0v) is 12.1. The van der Waals surface area contributed by atoms with Crippen LogP contribution in [-0.2, 0) is 0 Å². The molecule has 0 amide bonds. The van der Waals surface area contributed by atoms with Crippen LogP contribution in [0.25, 0.3) is 0 Å². The van der Waals surface area contributed by atoms with E-state index >= 15 is 0 Å². The summed E-state index contributed by atoms with van der Waals surface area (Å²) in [5, 5.41) is 3.49. The molecule has 0 aromatic heterocycles. The van der Waals surface area contributed by atoms with Gasteiger partial charge in [-0.05, 0) is 43.9 Å². The van der Waals surface area contributed by atoms with Crippen LogP contribution in [0, 0.1) is 11.3 Å². The lowest BCUT2D eigenvalue weighted by atomic mass is 9.71. The Balaban J connectivity index is 1.86. The van der Waals surface area contributed by atoms with Crippen molar-refractivity contribution < 1.29 is 0 Å². The van der Waals surface area contributed by atoms with Gasteiger partial charge in [-0.1, -0.05) is 20.8 Å². The third kappa shape index (κ3) is 3.23. The average molecular weight is 238 g/mol. The third-order valence-corrected chi connectivity index (χ3v) is 4.94. The molecule has 1 saturated carbocycles. The minimum atomic E-state index is 0.514. The highest BCUT2D eigenvalue weighted by Crippen LogP contribution is 2.39. The van der Waals surface area contributed by atoms with E-state index in [-0.39, 0.29) is 0 Å². The highest BCUT2D eigenvalue weighted by atomic mass is 15.2. The van der Waals surface area contributed by atoms with Crippen molar-refractivity contribution in [2.45, 2.75) is 65.5 Å². The van der Waals surface area contributed by atoms with Crippen LogP contribution in [0.2, 0.25) is 0 Å². The predicted octanol–water partition coefficient (Wildman–Crippen LogP) is 2.89. The first-order valence-electron chi connectivity index (χ1n) is 7.45. The van der Waals surface area contributed by atoms with E-state index < -0.39 is 0 Å². The minimum absolute atomic E-state index is 0.514. The molecule has 1 saturated heterocycles. The quantitative estimate of drug-likeness (QED) is 0.755. The van der Waals surface area contributed by atoms with E-state index in [1.807, 2.05) is 0 Å². The number of rotatable bonds is 1. The summed E-state index contributed by atoms with van der Waals surface area (Å²) in [6, 6.07) is 1.60. The maximum Gasteiger partial charge on any atom is 0.0195 e. The Kier molecular flexibility index (Phi) is 4.14. The summed E-state index contributed by atoms with van der Waals surface area (Å²) in [5.74, 6) is 0.942. The van der Waals surface area contributed by atoms with Gasteiger partial charge in [-0.2, -0.15) is 0 Å². The highest BCUT2D eigenvalue weighted by molar-refractivity contribution is 4.88. The van der Waals surface area contributed by atoms with Gasteiger partial charge >= 0.3 is 0 Å². The van der Waals surface area contributed by atoms with Gasteiger partial charge in [0.2, 0.25) is 0 Å². The Bertz CT molecular complexity index is 236. The second-order valence-electron chi connectivity index (χ2n) is 7.16. The van der Waals surface area contributed by atoms with Crippen molar-refractivity contribution in [1.82, 2.24) is 10.2 Å². The molecule has 17 heavy (non-hydrogen) atoms. The molecule has 2 heteroatoms. The molecule has 2 aliphatic rings. The first-order chi connectivity index (χ1) is 7.98. The Morgan fingerprint density at radius 2 is 1.71 bits per heavy atom. The molecule has 2 nitrogen and oxygen atoms in total. The molecule has 0 radical (unpaired) electrons. The molecule has 2 rings (SSSR count). The van der Waals surface area contributed by atoms with Gasteiger partial charge in [0.05, 0.1) is 0 Å². The Morgan fingerprint density at radius 1 is 1.06 bits per heavy atom. The molecule has 0 bridgehead atoms. The lowest BCUT2D eigenvalue weighted by Gasteiger charge is -2.45. The molecular weight excluding hydrogens is 208 g/mol. The van der Waals surface area contributed by atoms with E-state index in [9.17, 15) is 0 Å². The molecule has 0 spiro atoms. The van der Waals surface area contributed by atoms with Crippen LogP contribution in [0.3, 0.4) is 0 Å². The first-order valence-corrected chi connectivity index (χ1v) is 7.45. The third-order valence-electron chi connectivity index (χ3n) is 4.94. The summed E-state index contributed by atoms with van der Waals surface area (Å²) in [7, 11) is 0. The van der Waals surface area contributed by atoms with E-state index in [0.717, 1.165) is 18.0 Å². The van der Waals surface area contributed by atoms with E-state index in [1.165, 1.54) is 45.3 Å². The summed E-state index contributed by atoms with van der Waals surface area (Å²) in [5.41, 5.74) is 0.514. The van der Waals surface area contributed by atoms with Gasteiger partial charge in [-0.15, -0.1) is 0 Å². The molecule has 1 atom stereocenters. The zero-order valence-electron chi connectivity index (χ0n) is 12.1. The molecule has 2 fully saturated rings. The SMILES string of the molecule is CC1CNCCN1C1CCC(C(C)(C)C)CC1. The van der Waals surface area contributed by atoms with Crippen molar-refractivity contribution >= 4 is 0 Å². The van der Waals surface area contributed by atoms with E-state index in [1.54, 1.807) is 0 Å². The van der Waals surface area contributed by atoms with Gasteiger partial charge in [0.15, 0.2) is 0 Å². The van der Waals surface area contributed by atoms with Gasteiger partial charge in [-0.3, -0.25) is 4.90 Å². The summed E-state index contributed by atoms with van der Waals surface area (Å²) in [6.45, 7) is 13.2. The molecule has 0 aromatic rings. The predicted molar refractivity (Wildman–Crippen MR) is 74.2 cm³/mol. The lowest BCUT2D eigenvalue weighted by molar-refractivity contribution is 0.0585. The van der Waals surface area contributed by atoms with Crippen molar-refractivity contribution in [2.24, 2.45) is 11.3 Å². The van der Waals surface area contributed by atoms with Crippen LogP contribution >= 0.6 is 0 Å². The lowest BCUT2D eigenvalue weighted by Crippen LogP contribution is -2.54. The van der Waals surface area contributed by atoms with Crippen LogP contribution in [0.15, 0.2) is 0 Å². The molecule has 1 aliphatic heterocycles. The van der Waals surface area contributed by atoms with Gasteiger partial charge in [0.25, 0.3) is 0 Å². The minimum Gasteiger partial charge on any atom is -0.314 e. The monoisotopic (exact) mass is 238 g/mol. The summed E-state index contributed by atoms with van der Waals surface area (Å²) >= 11 is 0. The number of hydrogen-bond acceptors (Lipinski definition) is 2. The maximum atomic E-state index is 3.49. The van der Waals surface area contributed by atoms with Crippen molar-refractivity contribution in [3.63, 3.8) is 0 Å². The van der Waals surface area contributed by atoms with Gasteiger partial charge < -0.3 is 5.32 Å². The number of hydrogen-bond donors (Lipinski definition) is 1. The largest absolute Gasteiger partial charge is 0.314 e. The normalized spacial score (nSPS) is 37.1. The van der Waals surface area contributed by atoms with E-state index in [2.05, 4.69) is 37.9 Å². The van der Waals surface area contributed by atoms with E-state index in [4.69, 9.17) is 0 Å². The molecule has 100 valence electrons. The average Bonchev–Trinajstić information content (AvgIpc) is 2.29. The molecule has 1 N–H and O–H groups in total. The number of nitrogens with zero attached hydrogens (tertiary/aromatic N) is 1. The molecule has 1 unspecified atom stereocenters. The first kappa shape index (κ1) is 13.4. The maximum absolute atomic E-state index is 3.49. The Hall–Kier alpha value is -0.0800. The fourth-order valence-corrected chi connectivity index (χ4v) is 3.67. The zero-order chi connectivity index (χ0) is 12.5. The standard InChI is InChI=1S/C15H30N2/c1-12-11-16-9-10-17(12)14-7-5-13(6-8-14)15(2,3)4/h12-14,16H,5-11H2,1-4H3. The summed E-state index contributed by atoms with van der Waals surface area (Å²) < 4.78 is 0. The second kappa shape index (κ2) is 5.27. The molecule has 1 heterocycles. The molecule has 1 aliphatic carbocycles. The van der Waals surface area contributed by atoms with Crippen LogP contribution in [0.4, 0.5) is 0 Å². The van der Waals surface area contributed by atoms with Gasteiger partial charge in [-0.25, -0.2) is 0 Å². The van der Waals surface area contributed by atoms with E-state index in [0.29, 0.717) is 5.41 Å². The summed E-state index contributed by atoms with van der Waals surface area (Å²) in [4.78, 5) is 2.76. The van der Waals surface area contributed by atoms with Crippen molar-refractivity contribution in [2.75, 3.05) is 19.6 Å².